The van der Waals surface area contributed by atoms with Gasteiger partial charge >= 0.3 is 0 Å². The summed E-state index contributed by atoms with van der Waals surface area (Å²) in [4.78, 5) is 15.8. The average molecular weight is 299 g/mol. The molecule has 0 aliphatic carbocycles. The molecule has 0 atom stereocenters. The number of hydrogen-bond acceptors (Lipinski definition) is 2. The predicted octanol–water partition coefficient (Wildman–Crippen LogP) is 2.78. The van der Waals surface area contributed by atoms with E-state index in [1.807, 2.05) is 0 Å². The first-order valence-corrected chi connectivity index (χ1v) is 7.22. The molecule has 1 aromatic carbocycles. The topological polar surface area (TPSA) is 23.6 Å². The van der Waals surface area contributed by atoms with Crippen LogP contribution in [0.15, 0.2) is 18.2 Å². The molecule has 0 saturated carbocycles. The van der Waals surface area contributed by atoms with Gasteiger partial charge in [-0.05, 0) is 43.6 Å². The normalized spacial score (nSPS) is 17.2. The van der Waals surface area contributed by atoms with E-state index in [0.29, 0.717) is 11.6 Å². The molecular weight excluding hydrogens is 279 g/mol. The van der Waals surface area contributed by atoms with Crippen molar-refractivity contribution in [2.75, 3.05) is 27.2 Å². The monoisotopic (exact) mass is 298 g/mol. The highest BCUT2D eigenvalue weighted by Crippen LogP contribution is 2.23. The fourth-order valence-electron chi connectivity index (χ4n) is 2.59. The molecule has 1 aliphatic heterocycles. The fourth-order valence-corrected chi connectivity index (χ4v) is 2.82. The number of carbonyl (C=O) groups excluding carboxylic acids is 1. The summed E-state index contributed by atoms with van der Waals surface area (Å²) < 4.78 is 13.0. The molecule has 0 bridgehead atoms. The van der Waals surface area contributed by atoms with Crippen LogP contribution in [0.2, 0.25) is 5.02 Å². The number of carbonyl (C=O) groups is 1. The molecule has 20 heavy (non-hydrogen) atoms. The molecule has 0 aromatic heterocycles. The third kappa shape index (κ3) is 3.70. The van der Waals surface area contributed by atoms with Crippen molar-refractivity contribution in [2.24, 2.45) is 5.92 Å². The van der Waals surface area contributed by atoms with E-state index in [4.69, 9.17) is 11.6 Å². The second kappa shape index (κ2) is 6.55. The van der Waals surface area contributed by atoms with Crippen LogP contribution in [0.25, 0.3) is 0 Å². The van der Waals surface area contributed by atoms with E-state index in [2.05, 4.69) is 4.90 Å². The minimum Gasteiger partial charge on any atom is -0.349 e. The zero-order valence-electron chi connectivity index (χ0n) is 11.9. The SMILES string of the molecule is CN(C)C(=O)C1CCN(Cc2ccc(F)cc2Cl)CC1. The second-order valence-electron chi connectivity index (χ2n) is 5.52. The number of halogens is 2. The van der Waals surface area contributed by atoms with Crippen molar-refractivity contribution >= 4 is 17.5 Å². The first kappa shape index (κ1) is 15.3. The van der Waals surface area contributed by atoms with Gasteiger partial charge in [0.05, 0.1) is 0 Å². The van der Waals surface area contributed by atoms with Crippen LogP contribution in [0.5, 0.6) is 0 Å². The Labute approximate surface area is 124 Å². The van der Waals surface area contributed by atoms with E-state index < -0.39 is 0 Å². The minimum atomic E-state index is -0.311. The summed E-state index contributed by atoms with van der Waals surface area (Å²) in [6.45, 7) is 2.46. The quantitative estimate of drug-likeness (QED) is 0.857. The lowest BCUT2D eigenvalue weighted by atomic mass is 9.95. The van der Waals surface area contributed by atoms with Gasteiger partial charge in [0, 0.05) is 31.6 Å². The van der Waals surface area contributed by atoms with Gasteiger partial charge in [0.15, 0.2) is 0 Å². The average Bonchev–Trinajstić information content (AvgIpc) is 2.42. The standard InChI is InChI=1S/C15H20ClFN2O/c1-18(2)15(20)11-5-7-19(8-6-11)10-12-3-4-13(17)9-14(12)16/h3-4,9,11H,5-8,10H2,1-2H3. The van der Waals surface area contributed by atoms with Crippen molar-refractivity contribution in [3.05, 3.63) is 34.6 Å². The molecule has 1 heterocycles. The molecule has 1 aliphatic rings. The lowest BCUT2D eigenvalue weighted by Crippen LogP contribution is -2.39. The maximum Gasteiger partial charge on any atom is 0.225 e. The molecule has 110 valence electrons. The van der Waals surface area contributed by atoms with E-state index in [9.17, 15) is 9.18 Å². The molecule has 0 spiro atoms. The molecular formula is C15H20ClFN2O. The van der Waals surface area contributed by atoms with E-state index >= 15 is 0 Å². The van der Waals surface area contributed by atoms with Gasteiger partial charge in [-0.3, -0.25) is 9.69 Å². The van der Waals surface area contributed by atoms with Gasteiger partial charge < -0.3 is 4.90 Å². The third-order valence-corrected chi connectivity index (χ3v) is 4.14. The second-order valence-corrected chi connectivity index (χ2v) is 5.93. The van der Waals surface area contributed by atoms with Crippen molar-refractivity contribution < 1.29 is 9.18 Å². The summed E-state index contributed by atoms with van der Waals surface area (Å²) in [5.74, 6) is 0.0310. The lowest BCUT2D eigenvalue weighted by Gasteiger charge is -2.32. The summed E-state index contributed by atoms with van der Waals surface area (Å²) in [6.07, 6.45) is 1.74. The summed E-state index contributed by atoms with van der Waals surface area (Å²) in [5, 5.41) is 0.469. The van der Waals surface area contributed by atoms with Crippen molar-refractivity contribution in [1.29, 1.82) is 0 Å². The van der Waals surface area contributed by atoms with E-state index in [0.717, 1.165) is 31.5 Å². The van der Waals surface area contributed by atoms with Gasteiger partial charge in [0.2, 0.25) is 5.91 Å². The number of piperidine rings is 1. The first-order chi connectivity index (χ1) is 9.47. The number of amides is 1. The Kier molecular flexibility index (Phi) is 5.00. The Morgan fingerprint density at radius 1 is 1.40 bits per heavy atom. The van der Waals surface area contributed by atoms with E-state index in [1.165, 1.54) is 12.1 Å². The van der Waals surface area contributed by atoms with Crippen LogP contribution in [0, 0.1) is 11.7 Å². The van der Waals surface area contributed by atoms with Gasteiger partial charge in [-0.15, -0.1) is 0 Å². The molecule has 3 nitrogen and oxygen atoms in total. The zero-order chi connectivity index (χ0) is 14.7. The lowest BCUT2D eigenvalue weighted by molar-refractivity contribution is -0.134. The Morgan fingerprint density at radius 3 is 2.60 bits per heavy atom. The highest BCUT2D eigenvalue weighted by molar-refractivity contribution is 6.31. The van der Waals surface area contributed by atoms with Crippen LogP contribution in [0.3, 0.4) is 0 Å². The summed E-state index contributed by atoms with van der Waals surface area (Å²) >= 11 is 6.04. The van der Waals surface area contributed by atoms with Crippen LogP contribution in [-0.4, -0.2) is 42.9 Å². The van der Waals surface area contributed by atoms with Gasteiger partial charge in [-0.25, -0.2) is 4.39 Å². The highest BCUT2D eigenvalue weighted by Gasteiger charge is 2.26. The molecule has 0 N–H and O–H groups in total. The summed E-state index contributed by atoms with van der Waals surface area (Å²) in [6, 6.07) is 4.51. The van der Waals surface area contributed by atoms with E-state index in [1.54, 1.807) is 25.1 Å². The number of rotatable bonds is 3. The van der Waals surface area contributed by atoms with Gasteiger partial charge in [-0.1, -0.05) is 17.7 Å². The Bertz CT molecular complexity index is 485. The van der Waals surface area contributed by atoms with Crippen molar-refractivity contribution in [3.8, 4) is 0 Å². The molecule has 1 amide bonds. The van der Waals surface area contributed by atoms with Crippen LogP contribution in [-0.2, 0) is 11.3 Å². The maximum absolute atomic E-state index is 13.0. The molecule has 1 aromatic rings. The molecule has 5 heteroatoms. The predicted molar refractivity (Wildman–Crippen MR) is 78.1 cm³/mol. The smallest absolute Gasteiger partial charge is 0.225 e. The molecule has 2 rings (SSSR count). The fraction of sp³-hybridized carbons (Fsp3) is 0.533. The molecule has 0 radical (unpaired) electrons. The molecule has 0 unspecified atom stereocenters. The first-order valence-electron chi connectivity index (χ1n) is 6.85. The zero-order valence-corrected chi connectivity index (χ0v) is 12.7. The highest BCUT2D eigenvalue weighted by atomic mass is 35.5. The third-order valence-electron chi connectivity index (χ3n) is 3.79. The van der Waals surface area contributed by atoms with Crippen LogP contribution < -0.4 is 0 Å². The van der Waals surface area contributed by atoms with Gasteiger partial charge in [0.1, 0.15) is 5.82 Å². The number of benzene rings is 1. The van der Waals surface area contributed by atoms with Gasteiger partial charge in [-0.2, -0.15) is 0 Å². The van der Waals surface area contributed by atoms with Crippen molar-refractivity contribution in [2.45, 2.75) is 19.4 Å². The number of likely N-dealkylation sites (tertiary alicyclic amines) is 1. The summed E-state index contributed by atoms with van der Waals surface area (Å²) in [5.41, 5.74) is 0.936. The largest absolute Gasteiger partial charge is 0.349 e. The van der Waals surface area contributed by atoms with Gasteiger partial charge in [0.25, 0.3) is 0 Å². The number of nitrogens with zero attached hydrogens (tertiary/aromatic N) is 2. The Hall–Kier alpha value is -1.13. The van der Waals surface area contributed by atoms with Crippen molar-refractivity contribution in [1.82, 2.24) is 9.80 Å². The Balaban J connectivity index is 1.90. The van der Waals surface area contributed by atoms with Crippen molar-refractivity contribution in [3.63, 3.8) is 0 Å². The van der Waals surface area contributed by atoms with Crippen LogP contribution in [0.4, 0.5) is 4.39 Å². The summed E-state index contributed by atoms with van der Waals surface area (Å²) in [7, 11) is 3.60. The van der Waals surface area contributed by atoms with Crippen LogP contribution in [0.1, 0.15) is 18.4 Å². The number of hydrogen-bond donors (Lipinski definition) is 0. The minimum absolute atomic E-state index is 0.130. The molecule has 1 fully saturated rings. The Morgan fingerprint density at radius 2 is 2.05 bits per heavy atom. The van der Waals surface area contributed by atoms with Crippen LogP contribution >= 0.6 is 11.6 Å². The maximum atomic E-state index is 13.0. The molecule has 1 saturated heterocycles. The van der Waals surface area contributed by atoms with E-state index in [-0.39, 0.29) is 17.6 Å².